The number of aromatic hydroxyl groups is 1. The van der Waals surface area contributed by atoms with Crippen LogP contribution >= 0.6 is 0 Å². The average molecular weight is 294 g/mol. The van der Waals surface area contributed by atoms with Gasteiger partial charge in [0.25, 0.3) is 0 Å². The van der Waals surface area contributed by atoms with Gasteiger partial charge < -0.3 is 15.1 Å². The van der Waals surface area contributed by atoms with Crippen LogP contribution in [-0.2, 0) is 4.79 Å². The molecule has 0 radical (unpaired) electrons. The van der Waals surface area contributed by atoms with Crippen LogP contribution in [0.4, 0.5) is 10.5 Å². The SMILES string of the molecule is CCN(C(=O)N(CC(=O)O)C(C)(C)C)c1cccc(O)c1. The quantitative estimate of drug-likeness (QED) is 0.894. The minimum absolute atomic E-state index is 0.0549. The number of nitrogens with zero attached hydrogens (tertiary/aromatic N) is 2. The number of benzene rings is 1. The number of urea groups is 1. The number of phenolic OH excluding ortho intramolecular Hbond substituents is 1. The van der Waals surface area contributed by atoms with Gasteiger partial charge in [-0.25, -0.2) is 4.79 Å². The molecule has 6 nitrogen and oxygen atoms in total. The first-order valence-electron chi connectivity index (χ1n) is 6.76. The van der Waals surface area contributed by atoms with Crippen LogP contribution < -0.4 is 4.90 Å². The molecular formula is C15H22N2O4. The number of phenols is 1. The summed E-state index contributed by atoms with van der Waals surface area (Å²) in [6, 6.07) is 5.92. The molecule has 0 aromatic heterocycles. The lowest BCUT2D eigenvalue weighted by atomic mass is 10.1. The number of hydrogen-bond donors (Lipinski definition) is 2. The van der Waals surface area contributed by atoms with E-state index >= 15 is 0 Å². The Morgan fingerprint density at radius 3 is 2.29 bits per heavy atom. The Morgan fingerprint density at radius 2 is 1.86 bits per heavy atom. The number of aliphatic carboxylic acids is 1. The number of carboxylic acid groups (broad SMARTS) is 1. The fraction of sp³-hybridized carbons (Fsp3) is 0.467. The summed E-state index contributed by atoms with van der Waals surface area (Å²) in [5.41, 5.74) is -0.0955. The molecule has 0 aliphatic carbocycles. The predicted molar refractivity (Wildman–Crippen MR) is 80.6 cm³/mol. The summed E-state index contributed by atoms with van der Waals surface area (Å²) < 4.78 is 0. The van der Waals surface area contributed by atoms with Crippen LogP contribution in [-0.4, -0.2) is 45.7 Å². The highest BCUT2D eigenvalue weighted by molar-refractivity contribution is 5.94. The van der Waals surface area contributed by atoms with Gasteiger partial charge in [-0.2, -0.15) is 0 Å². The van der Waals surface area contributed by atoms with E-state index in [2.05, 4.69) is 0 Å². The zero-order chi connectivity index (χ0) is 16.2. The maximum Gasteiger partial charge on any atom is 0.325 e. The summed E-state index contributed by atoms with van der Waals surface area (Å²) in [6.45, 7) is 7.13. The lowest BCUT2D eigenvalue weighted by molar-refractivity contribution is -0.138. The summed E-state index contributed by atoms with van der Waals surface area (Å²) in [5.74, 6) is -1.01. The van der Waals surface area contributed by atoms with E-state index in [-0.39, 0.29) is 12.3 Å². The Bertz CT molecular complexity index is 523. The molecule has 2 amide bonds. The molecule has 1 aromatic rings. The standard InChI is InChI=1S/C15H22N2O4/c1-5-16(11-7-6-8-12(18)9-11)14(21)17(10-13(19)20)15(2,3)4/h6-9,18H,5,10H2,1-4H3,(H,19,20). The van der Waals surface area contributed by atoms with Gasteiger partial charge in [0, 0.05) is 23.8 Å². The lowest BCUT2D eigenvalue weighted by Gasteiger charge is -2.38. The van der Waals surface area contributed by atoms with Crippen LogP contribution in [0.1, 0.15) is 27.7 Å². The first-order chi connectivity index (χ1) is 9.66. The molecule has 2 N–H and O–H groups in total. The van der Waals surface area contributed by atoms with Crippen molar-refractivity contribution in [2.45, 2.75) is 33.2 Å². The number of hydrogen-bond acceptors (Lipinski definition) is 3. The van der Waals surface area contributed by atoms with Gasteiger partial charge in [-0.15, -0.1) is 0 Å². The van der Waals surface area contributed by atoms with Crippen molar-refractivity contribution >= 4 is 17.7 Å². The number of anilines is 1. The molecule has 116 valence electrons. The lowest BCUT2D eigenvalue weighted by Crippen LogP contribution is -2.54. The van der Waals surface area contributed by atoms with Crippen LogP contribution in [0.2, 0.25) is 0 Å². The average Bonchev–Trinajstić information content (AvgIpc) is 2.35. The topological polar surface area (TPSA) is 81.1 Å². The van der Waals surface area contributed by atoms with Crippen LogP contribution in [0.3, 0.4) is 0 Å². The number of carbonyl (C=O) groups is 2. The fourth-order valence-electron chi connectivity index (χ4n) is 1.96. The van der Waals surface area contributed by atoms with Gasteiger partial charge in [0.15, 0.2) is 0 Å². The van der Waals surface area contributed by atoms with E-state index in [1.165, 1.54) is 21.9 Å². The van der Waals surface area contributed by atoms with Gasteiger partial charge in [0.1, 0.15) is 12.3 Å². The summed E-state index contributed by atoms with van der Waals surface area (Å²) in [5, 5.41) is 18.6. The molecule has 0 atom stereocenters. The van der Waals surface area contributed by atoms with Gasteiger partial charge in [0.05, 0.1) is 0 Å². The first kappa shape index (κ1) is 16.8. The van der Waals surface area contributed by atoms with Crippen molar-refractivity contribution in [1.82, 2.24) is 4.90 Å². The Kier molecular flexibility index (Phi) is 5.18. The molecule has 0 saturated heterocycles. The van der Waals surface area contributed by atoms with Crippen molar-refractivity contribution in [1.29, 1.82) is 0 Å². The maximum atomic E-state index is 12.7. The second-order valence-corrected chi connectivity index (χ2v) is 5.70. The monoisotopic (exact) mass is 294 g/mol. The molecule has 0 unspecified atom stereocenters. The van der Waals surface area contributed by atoms with Gasteiger partial charge in [-0.1, -0.05) is 6.07 Å². The Morgan fingerprint density at radius 1 is 1.24 bits per heavy atom. The Labute approximate surface area is 124 Å². The van der Waals surface area contributed by atoms with Crippen molar-refractivity contribution < 1.29 is 19.8 Å². The van der Waals surface area contributed by atoms with Crippen molar-refractivity contribution in [3.8, 4) is 5.75 Å². The van der Waals surface area contributed by atoms with Gasteiger partial charge in [0.2, 0.25) is 0 Å². The van der Waals surface area contributed by atoms with E-state index in [4.69, 9.17) is 5.11 Å². The molecule has 0 aliphatic heterocycles. The van der Waals surface area contributed by atoms with E-state index in [1.54, 1.807) is 39.8 Å². The Hall–Kier alpha value is -2.24. The van der Waals surface area contributed by atoms with Crippen molar-refractivity contribution in [2.24, 2.45) is 0 Å². The van der Waals surface area contributed by atoms with E-state index in [1.807, 2.05) is 0 Å². The first-order valence-corrected chi connectivity index (χ1v) is 6.76. The van der Waals surface area contributed by atoms with Gasteiger partial charge in [-0.3, -0.25) is 9.69 Å². The predicted octanol–water partition coefficient (Wildman–Crippen LogP) is 2.52. The third-order valence-electron chi connectivity index (χ3n) is 3.02. The highest BCUT2D eigenvalue weighted by Gasteiger charge is 2.31. The zero-order valence-electron chi connectivity index (χ0n) is 12.8. The Balaban J connectivity index is 3.13. The highest BCUT2D eigenvalue weighted by atomic mass is 16.4. The molecule has 1 rings (SSSR count). The number of carbonyl (C=O) groups excluding carboxylic acids is 1. The molecule has 21 heavy (non-hydrogen) atoms. The number of rotatable bonds is 4. The van der Waals surface area contributed by atoms with E-state index in [0.29, 0.717) is 12.2 Å². The fourth-order valence-corrected chi connectivity index (χ4v) is 1.96. The van der Waals surface area contributed by atoms with Crippen LogP contribution in [0, 0.1) is 0 Å². The second-order valence-electron chi connectivity index (χ2n) is 5.70. The number of amides is 2. The van der Waals surface area contributed by atoms with Gasteiger partial charge >= 0.3 is 12.0 Å². The third kappa shape index (κ3) is 4.37. The summed E-state index contributed by atoms with van der Waals surface area (Å²) in [6.07, 6.45) is 0. The van der Waals surface area contributed by atoms with E-state index in [0.717, 1.165) is 0 Å². The molecule has 0 aliphatic rings. The van der Waals surface area contributed by atoms with Crippen molar-refractivity contribution in [3.05, 3.63) is 24.3 Å². The molecule has 0 fully saturated rings. The van der Waals surface area contributed by atoms with Gasteiger partial charge in [-0.05, 0) is 39.8 Å². The minimum atomic E-state index is -1.06. The summed E-state index contributed by atoms with van der Waals surface area (Å²) in [4.78, 5) is 26.4. The molecule has 0 heterocycles. The van der Waals surface area contributed by atoms with E-state index in [9.17, 15) is 14.7 Å². The van der Waals surface area contributed by atoms with Crippen LogP contribution in [0.25, 0.3) is 0 Å². The highest BCUT2D eigenvalue weighted by Crippen LogP contribution is 2.23. The molecule has 0 saturated carbocycles. The van der Waals surface area contributed by atoms with Crippen molar-refractivity contribution in [2.75, 3.05) is 18.0 Å². The minimum Gasteiger partial charge on any atom is -0.508 e. The largest absolute Gasteiger partial charge is 0.508 e. The molecule has 6 heteroatoms. The smallest absolute Gasteiger partial charge is 0.325 e. The van der Waals surface area contributed by atoms with Crippen LogP contribution in [0.15, 0.2) is 24.3 Å². The molecular weight excluding hydrogens is 272 g/mol. The van der Waals surface area contributed by atoms with Crippen molar-refractivity contribution in [3.63, 3.8) is 0 Å². The second kappa shape index (κ2) is 6.47. The maximum absolute atomic E-state index is 12.7. The zero-order valence-corrected chi connectivity index (χ0v) is 12.8. The van der Waals surface area contributed by atoms with Crippen LogP contribution in [0.5, 0.6) is 5.75 Å². The molecule has 0 spiro atoms. The molecule has 1 aromatic carbocycles. The summed E-state index contributed by atoms with van der Waals surface area (Å²) >= 11 is 0. The number of carboxylic acids is 1. The normalized spacial score (nSPS) is 11.0. The third-order valence-corrected chi connectivity index (χ3v) is 3.02. The summed E-state index contributed by atoms with van der Waals surface area (Å²) in [7, 11) is 0. The van der Waals surface area contributed by atoms with E-state index < -0.39 is 17.5 Å². The molecule has 0 bridgehead atoms.